The maximum atomic E-state index is 5.66. The minimum atomic E-state index is 0.605. The summed E-state index contributed by atoms with van der Waals surface area (Å²) >= 11 is 0. The predicted molar refractivity (Wildman–Crippen MR) is 82.1 cm³/mol. The number of methoxy groups -OCH3 is 1. The lowest BCUT2D eigenvalue weighted by atomic mass is 9.82. The maximum Gasteiger partial charge on any atom is 0.0700 e. The molecule has 0 spiro atoms. The summed E-state index contributed by atoms with van der Waals surface area (Å²) < 4.78 is 10.7. The Morgan fingerprint density at radius 3 is 2.65 bits per heavy atom. The zero-order valence-corrected chi connectivity index (χ0v) is 13.3. The van der Waals surface area contributed by atoms with Crippen LogP contribution >= 0.6 is 0 Å². The van der Waals surface area contributed by atoms with Gasteiger partial charge in [0.2, 0.25) is 0 Å². The van der Waals surface area contributed by atoms with Gasteiger partial charge in [-0.05, 0) is 25.7 Å². The summed E-state index contributed by atoms with van der Waals surface area (Å²) in [6, 6.07) is 1.33. The number of nitrogens with one attached hydrogen (secondary N) is 1. The second kappa shape index (κ2) is 8.98. The van der Waals surface area contributed by atoms with Crippen molar-refractivity contribution in [3.63, 3.8) is 0 Å². The Morgan fingerprint density at radius 1 is 1.10 bits per heavy atom. The Hall–Kier alpha value is -0.160. The van der Waals surface area contributed by atoms with E-state index in [0.717, 1.165) is 38.2 Å². The fourth-order valence-electron chi connectivity index (χ4n) is 3.67. The van der Waals surface area contributed by atoms with Crippen molar-refractivity contribution in [2.24, 2.45) is 5.92 Å². The first-order valence-corrected chi connectivity index (χ1v) is 8.35. The molecule has 0 radical (unpaired) electrons. The van der Waals surface area contributed by atoms with E-state index in [4.69, 9.17) is 9.47 Å². The van der Waals surface area contributed by atoms with E-state index in [1.54, 1.807) is 7.11 Å². The van der Waals surface area contributed by atoms with Crippen molar-refractivity contribution < 1.29 is 9.47 Å². The van der Waals surface area contributed by atoms with Gasteiger partial charge in [-0.1, -0.05) is 19.3 Å². The molecular formula is C16H32N2O2. The molecule has 1 aliphatic heterocycles. The Labute approximate surface area is 124 Å². The number of hydrogen-bond acceptors (Lipinski definition) is 4. The largest absolute Gasteiger partial charge is 0.382 e. The average molecular weight is 284 g/mol. The zero-order chi connectivity index (χ0) is 14.2. The molecule has 4 nitrogen and oxygen atoms in total. The average Bonchev–Trinajstić information content (AvgIpc) is 2.48. The number of ether oxygens (including phenoxy) is 2. The van der Waals surface area contributed by atoms with E-state index in [1.165, 1.54) is 32.1 Å². The molecule has 2 aliphatic rings. The summed E-state index contributed by atoms with van der Waals surface area (Å²) in [5.41, 5.74) is 0. The molecule has 0 amide bonds. The molecule has 1 aliphatic carbocycles. The number of rotatable bonds is 7. The summed E-state index contributed by atoms with van der Waals surface area (Å²) in [5, 5.41) is 3.67. The third-order valence-corrected chi connectivity index (χ3v) is 4.80. The van der Waals surface area contributed by atoms with Crippen molar-refractivity contribution in [1.82, 2.24) is 10.2 Å². The van der Waals surface area contributed by atoms with Crippen LogP contribution in [-0.2, 0) is 9.47 Å². The molecule has 2 fully saturated rings. The van der Waals surface area contributed by atoms with Crippen LogP contribution < -0.4 is 5.32 Å². The lowest BCUT2D eigenvalue weighted by molar-refractivity contribution is 0.0235. The van der Waals surface area contributed by atoms with Gasteiger partial charge in [-0.25, -0.2) is 0 Å². The number of piperazine rings is 1. The standard InChI is InChI=1S/C16H32N2O2/c1-14-13-18(8-9-20-11-10-19-2)16(12-17-14)15-6-4-3-5-7-15/h14-17H,3-13H2,1-2H3. The van der Waals surface area contributed by atoms with Crippen LogP contribution in [0.4, 0.5) is 0 Å². The molecule has 0 aromatic carbocycles. The SMILES string of the molecule is COCCOCCN1CC(C)NCC1C1CCCCC1. The van der Waals surface area contributed by atoms with E-state index in [0.29, 0.717) is 19.3 Å². The van der Waals surface area contributed by atoms with E-state index in [2.05, 4.69) is 17.1 Å². The van der Waals surface area contributed by atoms with Gasteiger partial charge in [-0.15, -0.1) is 0 Å². The molecule has 2 unspecified atom stereocenters. The summed E-state index contributed by atoms with van der Waals surface area (Å²) in [7, 11) is 1.72. The van der Waals surface area contributed by atoms with E-state index >= 15 is 0 Å². The summed E-state index contributed by atoms with van der Waals surface area (Å²) in [4.78, 5) is 2.67. The zero-order valence-electron chi connectivity index (χ0n) is 13.3. The summed E-state index contributed by atoms with van der Waals surface area (Å²) in [5.74, 6) is 0.891. The van der Waals surface area contributed by atoms with E-state index in [1.807, 2.05) is 0 Å². The highest BCUT2D eigenvalue weighted by Gasteiger charge is 2.32. The molecular weight excluding hydrogens is 252 g/mol. The van der Waals surface area contributed by atoms with E-state index in [9.17, 15) is 0 Å². The highest BCUT2D eigenvalue weighted by Crippen LogP contribution is 2.30. The van der Waals surface area contributed by atoms with Crippen LogP contribution in [0.25, 0.3) is 0 Å². The van der Waals surface area contributed by atoms with Gasteiger partial charge in [0.1, 0.15) is 0 Å². The van der Waals surface area contributed by atoms with Gasteiger partial charge in [0.25, 0.3) is 0 Å². The molecule has 118 valence electrons. The first-order valence-electron chi connectivity index (χ1n) is 8.35. The van der Waals surface area contributed by atoms with Crippen LogP contribution in [0.15, 0.2) is 0 Å². The van der Waals surface area contributed by atoms with Gasteiger partial charge in [0.15, 0.2) is 0 Å². The molecule has 1 saturated carbocycles. The molecule has 20 heavy (non-hydrogen) atoms. The number of hydrogen-bond donors (Lipinski definition) is 1. The van der Waals surface area contributed by atoms with Crippen LogP contribution in [0.5, 0.6) is 0 Å². The fourth-order valence-corrected chi connectivity index (χ4v) is 3.67. The van der Waals surface area contributed by atoms with Crippen molar-refractivity contribution >= 4 is 0 Å². The van der Waals surface area contributed by atoms with Gasteiger partial charge in [-0.2, -0.15) is 0 Å². The monoisotopic (exact) mass is 284 g/mol. The molecule has 0 aromatic heterocycles. The van der Waals surface area contributed by atoms with Crippen LogP contribution in [0, 0.1) is 5.92 Å². The first-order chi connectivity index (χ1) is 9.81. The Morgan fingerprint density at radius 2 is 1.90 bits per heavy atom. The highest BCUT2D eigenvalue weighted by atomic mass is 16.5. The lowest BCUT2D eigenvalue weighted by Crippen LogP contribution is -2.58. The Bertz CT molecular complexity index is 257. The molecule has 1 saturated heterocycles. The van der Waals surface area contributed by atoms with Crippen LogP contribution in [0.3, 0.4) is 0 Å². The highest BCUT2D eigenvalue weighted by molar-refractivity contribution is 4.89. The molecule has 1 N–H and O–H groups in total. The van der Waals surface area contributed by atoms with Crippen molar-refractivity contribution in [2.45, 2.75) is 51.1 Å². The van der Waals surface area contributed by atoms with Crippen molar-refractivity contribution in [3.8, 4) is 0 Å². The Balaban J connectivity index is 1.77. The third-order valence-electron chi connectivity index (χ3n) is 4.80. The van der Waals surface area contributed by atoms with E-state index in [-0.39, 0.29) is 0 Å². The molecule has 4 heteroatoms. The van der Waals surface area contributed by atoms with Gasteiger partial charge in [0, 0.05) is 38.8 Å². The molecule has 2 atom stereocenters. The Kier molecular flexibility index (Phi) is 7.28. The second-order valence-electron chi connectivity index (χ2n) is 6.37. The van der Waals surface area contributed by atoms with Gasteiger partial charge in [-0.3, -0.25) is 4.90 Å². The van der Waals surface area contributed by atoms with Crippen molar-refractivity contribution in [2.75, 3.05) is 46.6 Å². The van der Waals surface area contributed by atoms with Crippen molar-refractivity contribution in [3.05, 3.63) is 0 Å². The van der Waals surface area contributed by atoms with Gasteiger partial charge >= 0.3 is 0 Å². The molecule has 2 rings (SSSR count). The van der Waals surface area contributed by atoms with Crippen LogP contribution in [-0.4, -0.2) is 63.5 Å². The minimum Gasteiger partial charge on any atom is -0.382 e. The van der Waals surface area contributed by atoms with Gasteiger partial charge < -0.3 is 14.8 Å². The second-order valence-corrected chi connectivity index (χ2v) is 6.37. The third kappa shape index (κ3) is 4.99. The lowest BCUT2D eigenvalue weighted by Gasteiger charge is -2.44. The maximum absolute atomic E-state index is 5.66. The molecule has 0 aromatic rings. The normalized spacial score (nSPS) is 29.7. The summed E-state index contributed by atoms with van der Waals surface area (Å²) in [6.45, 7) is 7.92. The molecule has 0 bridgehead atoms. The first kappa shape index (κ1) is 16.2. The fraction of sp³-hybridized carbons (Fsp3) is 1.00. The smallest absolute Gasteiger partial charge is 0.0700 e. The minimum absolute atomic E-state index is 0.605. The quantitative estimate of drug-likeness (QED) is 0.724. The summed E-state index contributed by atoms with van der Waals surface area (Å²) in [6.07, 6.45) is 7.13. The van der Waals surface area contributed by atoms with Gasteiger partial charge in [0.05, 0.1) is 19.8 Å². The van der Waals surface area contributed by atoms with Crippen LogP contribution in [0.2, 0.25) is 0 Å². The van der Waals surface area contributed by atoms with Crippen LogP contribution in [0.1, 0.15) is 39.0 Å². The van der Waals surface area contributed by atoms with E-state index < -0.39 is 0 Å². The number of nitrogens with zero attached hydrogens (tertiary/aromatic N) is 1. The van der Waals surface area contributed by atoms with Crippen molar-refractivity contribution in [1.29, 1.82) is 0 Å². The predicted octanol–water partition coefficient (Wildman–Crippen LogP) is 1.89. The topological polar surface area (TPSA) is 33.7 Å². The molecule has 1 heterocycles.